The van der Waals surface area contributed by atoms with E-state index in [2.05, 4.69) is 35.9 Å². The van der Waals surface area contributed by atoms with Crippen molar-refractivity contribution in [1.82, 2.24) is 35.9 Å². The topological polar surface area (TPSA) is 228 Å². The van der Waals surface area contributed by atoms with Crippen LogP contribution in [-0.4, -0.2) is 84.1 Å². The number of carboxylic acids is 1. The van der Waals surface area contributed by atoms with Gasteiger partial charge in [-0.1, -0.05) is 13.8 Å². The van der Waals surface area contributed by atoms with Gasteiger partial charge in [-0.25, -0.2) is 14.8 Å². The van der Waals surface area contributed by atoms with Gasteiger partial charge in [0.05, 0.1) is 18.8 Å². The van der Waals surface area contributed by atoms with Crippen LogP contribution < -0.4 is 21.7 Å². The van der Waals surface area contributed by atoms with Gasteiger partial charge >= 0.3 is 5.97 Å². The largest absolute Gasteiger partial charge is 0.480 e. The molecule has 0 saturated carbocycles. The average Bonchev–Trinajstić information content (AvgIpc) is 3.50. The van der Waals surface area contributed by atoms with E-state index in [0.29, 0.717) is 11.4 Å². The Morgan fingerprint density at radius 1 is 0.861 bits per heavy atom. The van der Waals surface area contributed by atoms with Gasteiger partial charge in [0.25, 0.3) is 0 Å². The molecule has 9 N–H and O–H groups in total. The van der Waals surface area contributed by atoms with E-state index < -0.39 is 54.0 Å². The quantitative estimate of drug-likeness (QED) is 0.144. The molecular weight excluding hydrogens is 472 g/mol. The summed E-state index contributed by atoms with van der Waals surface area (Å²) in [6.45, 7) is 5.06. The van der Waals surface area contributed by atoms with Crippen LogP contribution >= 0.6 is 0 Å². The maximum Gasteiger partial charge on any atom is 0.326 e. The zero-order chi connectivity index (χ0) is 26.8. The third-order valence-corrected chi connectivity index (χ3v) is 5.37. The molecule has 0 fully saturated rings. The minimum absolute atomic E-state index is 0.00509. The van der Waals surface area contributed by atoms with Crippen LogP contribution in [0.25, 0.3) is 0 Å². The molecule has 2 rings (SSSR count). The second kappa shape index (κ2) is 13.3. The Balaban J connectivity index is 2.20. The molecule has 0 aromatic carbocycles. The van der Waals surface area contributed by atoms with Gasteiger partial charge in [0.1, 0.15) is 24.2 Å². The van der Waals surface area contributed by atoms with Crippen molar-refractivity contribution in [2.75, 3.05) is 0 Å². The van der Waals surface area contributed by atoms with Crippen LogP contribution in [0.1, 0.15) is 38.6 Å². The number of aromatic nitrogens is 4. The number of nitrogens with one attached hydrogen (secondary N) is 5. The number of carboxylic acid groups (broad SMARTS) is 1. The molecule has 2 aromatic heterocycles. The number of carbonyl (C=O) groups is 4. The summed E-state index contributed by atoms with van der Waals surface area (Å²) in [6, 6.07) is -4.75. The van der Waals surface area contributed by atoms with E-state index in [1.165, 1.54) is 32.0 Å². The van der Waals surface area contributed by atoms with Crippen LogP contribution in [0.4, 0.5) is 0 Å². The molecule has 0 spiro atoms. The molecule has 5 unspecified atom stereocenters. The molecule has 36 heavy (non-hydrogen) atoms. The number of rotatable bonds is 14. The SMILES string of the molecule is CC(C)CC(NC(=O)C(N)C(C)O)C(=O)NC(Cc1cnc[nH]1)C(=O)NC(Cc1cnc[nH]1)C(=O)O. The van der Waals surface area contributed by atoms with Crippen LogP contribution in [0.5, 0.6) is 0 Å². The van der Waals surface area contributed by atoms with Crippen LogP contribution in [0.15, 0.2) is 25.0 Å². The first-order valence-electron chi connectivity index (χ1n) is 11.5. The number of amides is 3. The van der Waals surface area contributed by atoms with Crippen molar-refractivity contribution in [2.24, 2.45) is 11.7 Å². The lowest BCUT2D eigenvalue weighted by atomic mass is 10.0. The van der Waals surface area contributed by atoms with Crippen molar-refractivity contribution in [1.29, 1.82) is 0 Å². The lowest BCUT2D eigenvalue weighted by Crippen LogP contribution is -2.58. The van der Waals surface area contributed by atoms with Gasteiger partial charge in [-0.05, 0) is 19.3 Å². The van der Waals surface area contributed by atoms with E-state index in [4.69, 9.17) is 5.73 Å². The Hall–Kier alpha value is -3.78. The number of aliphatic hydroxyl groups excluding tert-OH is 1. The van der Waals surface area contributed by atoms with Gasteiger partial charge in [0.2, 0.25) is 17.7 Å². The van der Waals surface area contributed by atoms with Gasteiger partial charge in [-0.3, -0.25) is 14.4 Å². The van der Waals surface area contributed by atoms with Gasteiger partial charge in [0.15, 0.2) is 0 Å². The van der Waals surface area contributed by atoms with E-state index in [9.17, 15) is 29.4 Å². The van der Waals surface area contributed by atoms with Crippen molar-refractivity contribution < 1.29 is 29.4 Å². The highest BCUT2D eigenvalue weighted by Crippen LogP contribution is 2.08. The highest BCUT2D eigenvalue weighted by molar-refractivity contribution is 5.94. The Kier molecular flexibility index (Phi) is 10.5. The summed E-state index contributed by atoms with van der Waals surface area (Å²) in [5, 5.41) is 26.8. The smallest absolute Gasteiger partial charge is 0.326 e. The molecule has 2 heterocycles. The number of hydrogen-bond donors (Lipinski definition) is 8. The first-order valence-corrected chi connectivity index (χ1v) is 11.5. The number of hydrogen-bond acceptors (Lipinski definition) is 8. The fourth-order valence-electron chi connectivity index (χ4n) is 3.38. The molecule has 198 valence electrons. The standard InChI is InChI=1S/C22H34N8O6/c1-11(2)4-15(29-21(34)18(23)12(3)31)19(32)28-16(5-13-7-24-9-26-13)20(33)30-17(22(35)36)6-14-8-25-10-27-14/h7-12,15-18,31H,4-6,23H2,1-3H3,(H,24,26)(H,25,27)(H,28,32)(H,29,34)(H,30,33)(H,35,36). The highest BCUT2D eigenvalue weighted by Gasteiger charge is 2.32. The molecule has 0 radical (unpaired) electrons. The van der Waals surface area contributed by atoms with E-state index in [0.717, 1.165) is 0 Å². The second-order valence-corrected chi connectivity index (χ2v) is 8.98. The molecule has 2 aromatic rings. The molecule has 0 aliphatic rings. The third kappa shape index (κ3) is 8.78. The van der Waals surface area contributed by atoms with Crippen molar-refractivity contribution in [3.05, 3.63) is 36.4 Å². The van der Waals surface area contributed by atoms with Crippen LogP contribution in [0, 0.1) is 5.92 Å². The molecule has 3 amide bonds. The highest BCUT2D eigenvalue weighted by atomic mass is 16.4. The van der Waals surface area contributed by atoms with E-state index >= 15 is 0 Å². The van der Waals surface area contributed by atoms with Gasteiger partial charge in [-0.15, -0.1) is 0 Å². The van der Waals surface area contributed by atoms with Crippen LogP contribution in [0.2, 0.25) is 0 Å². The Morgan fingerprint density at radius 3 is 1.78 bits per heavy atom. The average molecular weight is 507 g/mol. The molecule has 0 bridgehead atoms. The minimum atomic E-state index is -1.28. The Bertz CT molecular complexity index is 992. The third-order valence-electron chi connectivity index (χ3n) is 5.37. The molecule has 14 nitrogen and oxygen atoms in total. The monoisotopic (exact) mass is 506 g/mol. The van der Waals surface area contributed by atoms with E-state index in [1.54, 1.807) is 0 Å². The number of aliphatic hydroxyl groups is 1. The predicted molar refractivity (Wildman–Crippen MR) is 127 cm³/mol. The number of aliphatic carboxylic acids is 1. The second-order valence-electron chi connectivity index (χ2n) is 8.98. The fraction of sp³-hybridized carbons (Fsp3) is 0.545. The summed E-state index contributed by atoms with van der Waals surface area (Å²) >= 11 is 0. The Morgan fingerprint density at radius 2 is 1.33 bits per heavy atom. The van der Waals surface area contributed by atoms with E-state index in [1.807, 2.05) is 13.8 Å². The number of nitrogens with two attached hydrogens (primary N) is 1. The number of H-pyrrole nitrogens is 2. The summed E-state index contributed by atoms with van der Waals surface area (Å²) in [5.74, 6) is -3.38. The fourth-order valence-corrected chi connectivity index (χ4v) is 3.38. The lowest BCUT2D eigenvalue weighted by molar-refractivity contribution is -0.142. The van der Waals surface area contributed by atoms with Crippen LogP contribution in [-0.2, 0) is 32.0 Å². The number of carbonyl (C=O) groups excluding carboxylic acids is 3. The first kappa shape index (κ1) is 28.5. The number of aromatic amines is 2. The van der Waals surface area contributed by atoms with Gasteiger partial charge in [0, 0.05) is 36.6 Å². The van der Waals surface area contributed by atoms with Crippen LogP contribution in [0.3, 0.4) is 0 Å². The zero-order valence-corrected chi connectivity index (χ0v) is 20.4. The Labute approximate surface area is 207 Å². The molecule has 5 atom stereocenters. The lowest BCUT2D eigenvalue weighted by Gasteiger charge is -2.26. The van der Waals surface area contributed by atoms with Gasteiger partial charge < -0.3 is 41.9 Å². The summed E-state index contributed by atoms with van der Waals surface area (Å²) in [6.07, 6.45) is 4.77. The molecular formula is C22H34N8O6. The predicted octanol–water partition coefficient (Wildman–Crippen LogP) is -1.79. The van der Waals surface area contributed by atoms with Crippen molar-refractivity contribution in [3.63, 3.8) is 0 Å². The van der Waals surface area contributed by atoms with Gasteiger partial charge in [-0.2, -0.15) is 0 Å². The summed E-state index contributed by atoms with van der Waals surface area (Å²) < 4.78 is 0. The summed E-state index contributed by atoms with van der Waals surface area (Å²) in [4.78, 5) is 63.8. The first-order chi connectivity index (χ1) is 17.0. The van der Waals surface area contributed by atoms with Crippen molar-refractivity contribution >= 4 is 23.7 Å². The van der Waals surface area contributed by atoms with E-state index in [-0.39, 0.29) is 25.2 Å². The molecule has 14 heteroatoms. The normalized spacial score (nSPS) is 15.4. The molecule has 0 saturated heterocycles. The number of nitrogens with zero attached hydrogens (tertiary/aromatic N) is 2. The minimum Gasteiger partial charge on any atom is -0.480 e. The zero-order valence-electron chi connectivity index (χ0n) is 20.4. The summed E-state index contributed by atoms with van der Waals surface area (Å²) in [5.41, 5.74) is 6.72. The molecule has 0 aliphatic carbocycles. The molecule has 0 aliphatic heterocycles. The number of imidazole rings is 2. The van der Waals surface area contributed by atoms with Crippen molar-refractivity contribution in [3.8, 4) is 0 Å². The van der Waals surface area contributed by atoms with Crippen molar-refractivity contribution in [2.45, 2.75) is 70.3 Å². The summed E-state index contributed by atoms with van der Waals surface area (Å²) in [7, 11) is 0. The maximum atomic E-state index is 13.2. The maximum absolute atomic E-state index is 13.2.